The number of nitrogens with zero attached hydrogens (tertiary/aromatic N) is 2. The van der Waals surface area contributed by atoms with Crippen LogP contribution in [-0.4, -0.2) is 14.7 Å². The molecule has 3 aromatic rings. The molecule has 2 aromatic heterocycles. The van der Waals surface area contributed by atoms with E-state index in [0.29, 0.717) is 11.5 Å². The summed E-state index contributed by atoms with van der Waals surface area (Å²) >= 11 is 5.20. The van der Waals surface area contributed by atoms with E-state index in [1.807, 2.05) is 18.2 Å². The van der Waals surface area contributed by atoms with Gasteiger partial charge in [-0.3, -0.25) is 0 Å². The SMILES string of the molecule is Nc1ccc2c(c1)nc(CO)n2CCc1ccc(Br)s1. The molecule has 6 heteroatoms. The topological polar surface area (TPSA) is 64.1 Å². The minimum Gasteiger partial charge on any atom is -0.399 e. The summed E-state index contributed by atoms with van der Waals surface area (Å²) in [4.78, 5) is 5.74. The standard InChI is InChI=1S/C14H14BrN3OS/c15-13-4-2-10(20-13)5-6-18-12-3-1-9(16)7-11(12)17-14(18)8-19/h1-4,7,19H,5-6,8,16H2. The number of nitrogens with two attached hydrogens (primary N) is 1. The zero-order chi connectivity index (χ0) is 14.1. The van der Waals surface area contributed by atoms with E-state index in [-0.39, 0.29) is 6.61 Å². The lowest BCUT2D eigenvalue weighted by Crippen LogP contribution is -2.05. The zero-order valence-electron chi connectivity index (χ0n) is 10.7. The van der Waals surface area contributed by atoms with Crippen molar-refractivity contribution in [2.75, 3.05) is 5.73 Å². The van der Waals surface area contributed by atoms with E-state index in [4.69, 9.17) is 5.73 Å². The van der Waals surface area contributed by atoms with Crippen molar-refractivity contribution in [1.29, 1.82) is 0 Å². The van der Waals surface area contributed by atoms with E-state index < -0.39 is 0 Å². The van der Waals surface area contributed by atoms with Crippen molar-refractivity contribution in [2.45, 2.75) is 19.6 Å². The highest BCUT2D eigenvalue weighted by atomic mass is 79.9. The molecule has 0 saturated heterocycles. The van der Waals surface area contributed by atoms with Crippen LogP contribution in [0.3, 0.4) is 0 Å². The largest absolute Gasteiger partial charge is 0.399 e. The van der Waals surface area contributed by atoms with Crippen LogP contribution in [0, 0.1) is 0 Å². The Bertz CT molecular complexity index is 750. The summed E-state index contributed by atoms with van der Waals surface area (Å²) in [5.41, 5.74) is 8.31. The van der Waals surface area contributed by atoms with Gasteiger partial charge in [-0.1, -0.05) is 0 Å². The molecule has 0 fully saturated rings. The molecule has 104 valence electrons. The number of hydrogen-bond acceptors (Lipinski definition) is 4. The molecule has 2 heterocycles. The summed E-state index contributed by atoms with van der Waals surface area (Å²) in [6.07, 6.45) is 0.916. The molecule has 4 nitrogen and oxygen atoms in total. The molecule has 0 amide bonds. The molecule has 0 aliphatic carbocycles. The van der Waals surface area contributed by atoms with Gasteiger partial charge in [-0.2, -0.15) is 0 Å². The molecular weight excluding hydrogens is 338 g/mol. The number of rotatable bonds is 4. The van der Waals surface area contributed by atoms with Crippen molar-refractivity contribution in [3.05, 3.63) is 44.8 Å². The van der Waals surface area contributed by atoms with E-state index in [9.17, 15) is 5.11 Å². The highest BCUT2D eigenvalue weighted by molar-refractivity contribution is 9.11. The Labute approximate surface area is 129 Å². The number of fused-ring (bicyclic) bond motifs is 1. The van der Waals surface area contributed by atoms with Crippen LogP contribution in [0.1, 0.15) is 10.7 Å². The molecule has 0 unspecified atom stereocenters. The number of thiophene rings is 1. The van der Waals surface area contributed by atoms with Gasteiger partial charge in [-0.15, -0.1) is 11.3 Å². The average molecular weight is 352 g/mol. The molecule has 3 N–H and O–H groups in total. The number of imidazole rings is 1. The Balaban J connectivity index is 1.93. The molecule has 0 saturated carbocycles. The minimum atomic E-state index is -0.0667. The number of aliphatic hydroxyl groups excluding tert-OH is 1. The molecule has 0 spiro atoms. The second-order valence-corrected chi connectivity index (χ2v) is 7.09. The third kappa shape index (κ3) is 2.59. The van der Waals surface area contributed by atoms with Gasteiger partial charge in [0, 0.05) is 17.1 Å². The number of benzene rings is 1. The summed E-state index contributed by atoms with van der Waals surface area (Å²) in [5, 5.41) is 9.47. The molecule has 20 heavy (non-hydrogen) atoms. The Hall–Kier alpha value is -1.37. The first-order valence-corrected chi connectivity index (χ1v) is 7.88. The van der Waals surface area contributed by atoms with Crippen molar-refractivity contribution in [3.63, 3.8) is 0 Å². The smallest absolute Gasteiger partial charge is 0.135 e. The number of nitrogen functional groups attached to an aromatic ring is 1. The van der Waals surface area contributed by atoms with Crippen LogP contribution in [0.5, 0.6) is 0 Å². The van der Waals surface area contributed by atoms with Gasteiger partial charge in [-0.05, 0) is 52.7 Å². The minimum absolute atomic E-state index is 0.0667. The first-order chi connectivity index (χ1) is 9.67. The number of halogens is 1. The second kappa shape index (κ2) is 5.55. The van der Waals surface area contributed by atoms with Crippen LogP contribution in [0.2, 0.25) is 0 Å². The van der Waals surface area contributed by atoms with Crippen molar-refractivity contribution in [2.24, 2.45) is 0 Å². The van der Waals surface area contributed by atoms with Crippen molar-refractivity contribution < 1.29 is 5.11 Å². The maximum Gasteiger partial charge on any atom is 0.135 e. The van der Waals surface area contributed by atoms with E-state index in [0.717, 1.165) is 27.8 Å². The Morgan fingerprint density at radius 1 is 1.30 bits per heavy atom. The van der Waals surface area contributed by atoms with Gasteiger partial charge >= 0.3 is 0 Å². The Kier molecular flexibility index (Phi) is 3.78. The van der Waals surface area contributed by atoms with E-state index in [1.165, 1.54) is 4.88 Å². The average Bonchev–Trinajstić information content (AvgIpc) is 2.99. The van der Waals surface area contributed by atoms with Gasteiger partial charge in [0.15, 0.2) is 0 Å². The van der Waals surface area contributed by atoms with E-state index in [2.05, 4.69) is 37.6 Å². The Morgan fingerprint density at radius 2 is 2.15 bits per heavy atom. The van der Waals surface area contributed by atoms with Gasteiger partial charge in [0.2, 0.25) is 0 Å². The molecule has 0 aliphatic rings. The van der Waals surface area contributed by atoms with Crippen LogP contribution in [0.4, 0.5) is 5.69 Å². The monoisotopic (exact) mass is 351 g/mol. The predicted molar refractivity (Wildman–Crippen MR) is 85.8 cm³/mol. The van der Waals surface area contributed by atoms with Crippen LogP contribution in [-0.2, 0) is 19.6 Å². The summed E-state index contributed by atoms with van der Waals surface area (Å²) < 4.78 is 3.20. The fraction of sp³-hybridized carbons (Fsp3) is 0.214. The maximum absolute atomic E-state index is 9.47. The first kappa shape index (κ1) is 13.6. The van der Waals surface area contributed by atoms with Crippen molar-refractivity contribution in [3.8, 4) is 0 Å². The lowest BCUT2D eigenvalue weighted by Gasteiger charge is -2.06. The van der Waals surface area contributed by atoms with Gasteiger partial charge in [0.25, 0.3) is 0 Å². The third-order valence-corrected chi connectivity index (χ3v) is 4.89. The van der Waals surface area contributed by atoms with Crippen LogP contribution in [0.15, 0.2) is 34.1 Å². The third-order valence-electron chi connectivity index (χ3n) is 3.20. The lowest BCUT2D eigenvalue weighted by molar-refractivity contribution is 0.266. The molecule has 1 aromatic carbocycles. The quantitative estimate of drug-likeness (QED) is 0.709. The normalized spacial score (nSPS) is 11.3. The van der Waals surface area contributed by atoms with Crippen molar-refractivity contribution >= 4 is 44.0 Å². The number of aliphatic hydroxyl groups is 1. The zero-order valence-corrected chi connectivity index (χ0v) is 13.1. The fourth-order valence-electron chi connectivity index (χ4n) is 2.28. The van der Waals surface area contributed by atoms with Crippen LogP contribution < -0.4 is 5.73 Å². The Morgan fingerprint density at radius 3 is 2.85 bits per heavy atom. The molecule has 0 radical (unpaired) electrons. The second-order valence-electron chi connectivity index (χ2n) is 4.54. The van der Waals surface area contributed by atoms with E-state index >= 15 is 0 Å². The van der Waals surface area contributed by atoms with Crippen LogP contribution >= 0.6 is 27.3 Å². The summed E-state index contributed by atoms with van der Waals surface area (Å²) in [5.74, 6) is 0.682. The summed E-state index contributed by atoms with van der Waals surface area (Å²) in [7, 11) is 0. The van der Waals surface area contributed by atoms with Gasteiger partial charge in [0.1, 0.15) is 12.4 Å². The molecule has 0 aliphatic heterocycles. The maximum atomic E-state index is 9.47. The number of aryl methyl sites for hydroxylation is 2. The number of anilines is 1. The fourth-order valence-corrected chi connectivity index (χ4v) is 3.75. The van der Waals surface area contributed by atoms with Gasteiger partial charge in [-0.25, -0.2) is 4.98 Å². The molecule has 3 rings (SSSR count). The van der Waals surface area contributed by atoms with Gasteiger partial charge in [0.05, 0.1) is 14.8 Å². The summed E-state index contributed by atoms with van der Waals surface area (Å²) in [6, 6.07) is 9.83. The lowest BCUT2D eigenvalue weighted by atomic mass is 10.2. The number of hydrogen-bond donors (Lipinski definition) is 2. The molecule has 0 atom stereocenters. The van der Waals surface area contributed by atoms with E-state index in [1.54, 1.807) is 11.3 Å². The molecule has 0 bridgehead atoms. The molecular formula is C14H14BrN3OS. The predicted octanol–water partition coefficient (Wildman–Crippen LogP) is 3.18. The van der Waals surface area contributed by atoms with Crippen LogP contribution in [0.25, 0.3) is 11.0 Å². The highest BCUT2D eigenvalue weighted by Crippen LogP contribution is 2.24. The van der Waals surface area contributed by atoms with Crippen molar-refractivity contribution in [1.82, 2.24) is 9.55 Å². The first-order valence-electron chi connectivity index (χ1n) is 6.27. The highest BCUT2D eigenvalue weighted by Gasteiger charge is 2.10. The number of aromatic nitrogens is 2. The van der Waals surface area contributed by atoms with Gasteiger partial charge < -0.3 is 15.4 Å². The summed E-state index contributed by atoms with van der Waals surface area (Å²) in [6.45, 7) is 0.728.